The highest BCUT2D eigenvalue weighted by Crippen LogP contribution is 2.34. The zero-order valence-electron chi connectivity index (χ0n) is 20.9. The van der Waals surface area contributed by atoms with Gasteiger partial charge in [-0.05, 0) is 49.2 Å². The molecule has 8 heteroatoms. The molecule has 0 bridgehead atoms. The van der Waals surface area contributed by atoms with Crippen molar-refractivity contribution in [1.82, 2.24) is 0 Å². The van der Waals surface area contributed by atoms with Crippen molar-refractivity contribution in [2.75, 3.05) is 80.9 Å². The van der Waals surface area contributed by atoms with E-state index in [1.54, 1.807) is 12.1 Å². The maximum atomic E-state index is 13.3. The van der Waals surface area contributed by atoms with Gasteiger partial charge in [-0.2, -0.15) is 0 Å². The quantitative estimate of drug-likeness (QED) is 0.543. The second-order valence-corrected chi connectivity index (χ2v) is 8.71. The van der Waals surface area contributed by atoms with Crippen molar-refractivity contribution in [3.8, 4) is 11.5 Å². The topological polar surface area (TPSA) is 72.5 Å². The molecule has 2 aliphatic rings. The third kappa shape index (κ3) is 6.58. The molecule has 2 saturated heterocycles. The number of ether oxygens (including phenoxy) is 4. The monoisotopic (exact) mass is 483 g/mol. The van der Waals surface area contributed by atoms with Gasteiger partial charge in [0, 0.05) is 37.4 Å². The summed E-state index contributed by atoms with van der Waals surface area (Å²) in [5.74, 6) is 1.09. The van der Waals surface area contributed by atoms with Gasteiger partial charge in [-0.3, -0.25) is 4.79 Å². The number of hydrogen-bond acceptors (Lipinski definition) is 7. The van der Waals surface area contributed by atoms with E-state index in [-0.39, 0.29) is 5.91 Å². The van der Waals surface area contributed by atoms with Crippen LogP contribution in [0.5, 0.6) is 11.5 Å². The molecule has 0 unspecified atom stereocenters. The first-order valence-electron chi connectivity index (χ1n) is 12.7. The number of hydrogen-bond donors (Lipinski definition) is 1. The van der Waals surface area contributed by atoms with E-state index in [2.05, 4.69) is 41.1 Å². The Morgan fingerprint density at radius 1 is 0.829 bits per heavy atom. The lowest BCUT2D eigenvalue weighted by molar-refractivity contribution is 0.102. The Kier molecular flexibility index (Phi) is 9.08. The van der Waals surface area contributed by atoms with Gasteiger partial charge in [0.2, 0.25) is 0 Å². The number of morpholine rings is 2. The largest absolute Gasteiger partial charge is 0.490 e. The molecule has 1 N–H and O–H groups in total. The third-order valence-corrected chi connectivity index (χ3v) is 6.09. The van der Waals surface area contributed by atoms with Crippen molar-refractivity contribution in [2.24, 2.45) is 0 Å². The average molecular weight is 484 g/mol. The minimum Gasteiger partial charge on any atom is -0.490 e. The number of rotatable bonds is 10. The number of carbonyl (C=O) groups excluding carboxylic acids is 1. The van der Waals surface area contributed by atoms with Gasteiger partial charge in [-0.1, -0.05) is 13.8 Å². The van der Waals surface area contributed by atoms with E-state index in [4.69, 9.17) is 18.9 Å². The SMILES string of the molecule is CCCOc1ccc(C(=O)Nc2ccc(N3CCOCC3)cc2N2CCOCC2)cc1OCCC. The summed E-state index contributed by atoms with van der Waals surface area (Å²) in [4.78, 5) is 17.9. The first-order chi connectivity index (χ1) is 17.2. The smallest absolute Gasteiger partial charge is 0.255 e. The molecule has 2 aliphatic heterocycles. The van der Waals surface area contributed by atoms with Crippen LogP contribution in [0.1, 0.15) is 37.0 Å². The van der Waals surface area contributed by atoms with Crippen LogP contribution in [-0.4, -0.2) is 71.7 Å². The maximum Gasteiger partial charge on any atom is 0.255 e. The Labute approximate surface area is 208 Å². The number of anilines is 3. The standard InChI is InChI=1S/C27H37N3O5/c1-3-13-34-25-8-5-21(19-26(25)35-14-4-2)27(31)28-23-7-6-22(29-9-15-32-16-10-29)20-24(23)30-11-17-33-18-12-30/h5-8,19-20H,3-4,9-18H2,1-2H3,(H,28,31). The van der Waals surface area contributed by atoms with Gasteiger partial charge in [0.15, 0.2) is 11.5 Å². The Balaban J connectivity index is 1.57. The van der Waals surface area contributed by atoms with Crippen LogP contribution in [0.2, 0.25) is 0 Å². The molecule has 190 valence electrons. The highest BCUT2D eigenvalue weighted by atomic mass is 16.5. The van der Waals surface area contributed by atoms with Crippen molar-refractivity contribution < 1.29 is 23.7 Å². The maximum absolute atomic E-state index is 13.3. The number of nitrogens with zero attached hydrogens (tertiary/aromatic N) is 2. The molecule has 0 saturated carbocycles. The molecule has 2 aromatic carbocycles. The van der Waals surface area contributed by atoms with Crippen molar-refractivity contribution in [3.63, 3.8) is 0 Å². The highest BCUT2D eigenvalue weighted by Gasteiger charge is 2.20. The summed E-state index contributed by atoms with van der Waals surface area (Å²) in [6.07, 6.45) is 1.78. The molecule has 0 radical (unpaired) electrons. The lowest BCUT2D eigenvalue weighted by Gasteiger charge is -2.33. The van der Waals surface area contributed by atoms with Crippen LogP contribution < -0.4 is 24.6 Å². The molecule has 0 atom stereocenters. The molecular formula is C27H37N3O5. The highest BCUT2D eigenvalue weighted by molar-refractivity contribution is 6.06. The summed E-state index contributed by atoms with van der Waals surface area (Å²) < 4.78 is 22.8. The van der Waals surface area contributed by atoms with Crippen LogP contribution in [-0.2, 0) is 9.47 Å². The summed E-state index contributed by atoms with van der Waals surface area (Å²) in [5.41, 5.74) is 3.47. The van der Waals surface area contributed by atoms with Gasteiger partial charge in [-0.15, -0.1) is 0 Å². The summed E-state index contributed by atoms with van der Waals surface area (Å²) in [6.45, 7) is 11.4. The van der Waals surface area contributed by atoms with Crippen molar-refractivity contribution in [1.29, 1.82) is 0 Å². The Hall–Kier alpha value is -2.97. The van der Waals surface area contributed by atoms with Gasteiger partial charge in [-0.25, -0.2) is 0 Å². The second-order valence-electron chi connectivity index (χ2n) is 8.71. The zero-order valence-corrected chi connectivity index (χ0v) is 20.9. The number of amides is 1. The van der Waals surface area contributed by atoms with E-state index in [1.807, 2.05) is 12.1 Å². The van der Waals surface area contributed by atoms with Crippen LogP contribution in [0.25, 0.3) is 0 Å². The zero-order chi connectivity index (χ0) is 24.5. The molecule has 2 heterocycles. The molecule has 1 amide bonds. The fourth-order valence-electron chi connectivity index (χ4n) is 4.21. The Morgan fingerprint density at radius 2 is 1.46 bits per heavy atom. The molecule has 4 rings (SSSR count). The molecule has 2 aromatic rings. The van der Waals surface area contributed by atoms with Crippen LogP contribution in [0, 0.1) is 0 Å². The van der Waals surface area contributed by atoms with Gasteiger partial charge in [0.05, 0.1) is 51.0 Å². The van der Waals surface area contributed by atoms with E-state index in [0.29, 0.717) is 43.5 Å². The lowest BCUT2D eigenvalue weighted by Crippen LogP contribution is -2.38. The van der Waals surface area contributed by atoms with Crippen LogP contribution in [0.15, 0.2) is 36.4 Å². The Bertz CT molecular complexity index is 971. The Morgan fingerprint density at radius 3 is 2.11 bits per heavy atom. The van der Waals surface area contributed by atoms with E-state index < -0.39 is 0 Å². The molecule has 0 aliphatic carbocycles. The minimum atomic E-state index is -0.179. The predicted octanol–water partition coefficient (Wildman–Crippen LogP) is 4.19. The lowest BCUT2D eigenvalue weighted by atomic mass is 10.1. The predicted molar refractivity (Wildman–Crippen MR) is 138 cm³/mol. The van der Waals surface area contributed by atoms with Gasteiger partial charge < -0.3 is 34.1 Å². The van der Waals surface area contributed by atoms with Gasteiger partial charge in [0.25, 0.3) is 5.91 Å². The van der Waals surface area contributed by atoms with Crippen molar-refractivity contribution in [2.45, 2.75) is 26.7 Å². The molecule has 0 aromatic heterocycles. The number of carbonyl (C=O) groups is 1. The van der Waals surface area contributed by atoms with Gasteiger partial charge in [0.1, 0.15) is 0 Å². The van der Waals surface area contributed by atoms with Crippen LogP contribution in [0.3, 0.4) is 0 Å². The molecule has 35 heavy (non-hydrogen) atoms. The number of nitrogens with one attached hydrogen (secondary N) is 1. The summed E-state index contributed by atoms with van der Waals surface area (Å²) in [6, 6.07) is 11.6. The fraction of sp³-hybridized carbons (Fsp3) is 0.519. The fourth-order valence-corrected chi connectivity index (χ4v) is 4.21. The third-order valence-electron chi connectivity index (χ3n) is 6.09. The van der Waals surface area contributed by atoms with E-state index >= 15 is 0 Å². The van der Waals surface area contributed by atoms with E-state index in [9.17, 15) is 4.79 Å². The second kappa shape index (κ2) is 12.7. The summed E-state index contributed by atoms with van der Waals surface area (Å²) in [7, 11) is 0. The minimum absolute atomic E-state index is 0.179. The first kappa shape index (κ1) is 25.1. The van der Waals surface area contributed by atoms with E-state index in [0.717, 1.165) is 69.3 Å². The normalized spacial score (nSPS) is 16.2. The molecule has 2 fully saturated rings. The molecular weight excluding hydrogens is 446 g/mol. The van der Waals surface area contributed by atoms with Crippen LogP contribution >= 0.6 is 0 Å². The van der Waals surface area contributed by atoms with Crippen molar-refractivity contribution in [3.05, 3.63) is 42.0 Å². The molecule has 8 nitrogen and oxygen atoms in total. The van der Waals surface area contributed by atoms with Crippen molar-refractivity contribution >= 4 is 23.0 Å². The van der Waals surface area contributed by atoms with Crippen LogP contribution in [0.4, 0.5) is 17.1 Å². The summed E-state index contributed by atoms with van der Waals surface area (Å²) >= 11 is 0. The first-order valence-corrected chi connectivity index (χ1v) is 12.7. The summed E-state index contributed by atoms with van der Waals surface area (Å²) in [5, 5.41) is 3.14. The average Bonchev–Trinajstić information content (AvgIpc) is 2.92. The number of benzene rings is 2. The van der Waals surface area contributed by atoms with Gasteiger partial charge >= 0.3 is 0 Å². The van der Waals surface area contributed by atoms with E-state index in [1.165, 1.54) is 0 Å². The molecule has 0 spiro atoms.